The minimum atomic E-state index is -0.489. The molecule has 0 spiro atoms. The number of anilines is 1. The topological polar surface area (TPSA) is 63.7 Å². The summed E-state index contributed by atoms with van der Waals surface area (Å²) in [5.74, 6) is -0.879. The van der Waals surface area contributed by atoms with Gasteiger partial charge >= 0.3 is 5.97 Å². The van der Waals surface area contributed by atoms with E-state index in [0.717, 1.165) is 4.88 Å². The highest BCUT2D eigenvalue weighted by Crippen LogP contribution is 2.33. The second-order valence-electron chi connectivity index (χ2n) is 3.76. The summed E-state index contributed by atoms with van der Waals surface area (Å²) in [6.45, 7) is 1.88. The molecule has 1 aromatic heterocycles. The molecule has 0 N–H and O–H groups in total. The van der Waals surface area contributed by atoms with Crippen molar-refractivity contribution in [3.8, 4) is 0 Å². The van der Waals surface area contributed by atoms with E-state index in [-0.39, 0.29) is 24.7 Å². The smallest absolute Gasteiger partial charge is 0.340 e. The van der Waals surface area contributed by atoms with Gasteiger partial charge in [0.25, 0.3) is 0 Å². The number of hydrogen-bond donors (Lipinski definition) is 0. The lowest BCUT2D eigenvalue weighted by molar-refractivity contribution is -0.121. The summed E-state index contributed by atoms with van der Waals surface area (Å²) >= 11 is 1.31. The first-order chi connectivity index (χ1) is 8.02. The summed E-state index contributed by atoms with van der Waals surface area (Å²) in [4.78, 5) is 36.6. The maximum atomic E-state index is 11.6. The second kappa shape index (κ2) is 4.29. The van der Waals surface area contributed by atoms with Crippen LogP contribution in [-0.2, 0) is 14.3 Å². The average Bonchev–Trinajstić information content (AvgIpc) is 2.80. The van der Waals surface area contributed by atoms with Gasteiger partial charge in [-0.15, -0.1) is 11.3 Å². The van der Waals surface area contributed by atoms with E-state index in [1.807, 2.05) is 6.92 Å². The zero-order valence-electron chi connectivity index (χ0n) is 9.48. The Bertz CT molecular complexity index is 506. The van der Waals surface area contributed by atoms with Crippen molar-refractivity contribution in [2.75, 3.05) is 18.6 Å². The zero-order chi connectivity index (χ0) is 12.6. The van der Waals surface area contributed by atoms with E-state index < -0.39 is 5.97 Å². The van der Waals surface area contributed by atoms with Crippen LogP contribution in [0, 0.1) is 6.92 Å². The van der Waals surface area contributed by atoms with Crippen LogP contribution < -0.4 is 4.90 Å². The lowest BCUT2D eigenvalue weighted by atomic mass is 10.3. The molecule has 17 heavy (non-hydrogen) atoms. The van der Waals surface area contributed by atoms with Crippen molar-refractivity contribution in [1.29, 1.82) is 0 Å². The number of Topliss-reactive ketones (excluding diaryl/α,β-unsaturated/α-hetero) is 1. The lowest BCUT2D eigenvalue weighted by Gasteiger charge is -2.13. The quantitative estimate of drug-likeness (QED) is 0.586. The fraction of sp³-hybridized carbons (Fsp3) is 0.364. The standard InChI is InChI=1S/C11H11NO4S/c1-6-3-8(11(15)16-2)10(17-6)12-5-7(13)4-9(12)14/h3H,4-5H2,1-2H3. The minimum absolute atomic E-state index is 0.0444. The summed E-state index contributed by atoms with van der Waals surface area (Å²) in [6, 6.07) is 1.67. The van der Waals surface area contributed by atoms with Crippen LogP contribution in [0.15, 0.2) is 6.07 Å². The molecule has 0 aromatic carbocycles. The highest BCUT2D eigenvalue weighted by molar-refractivity contribution is 7.16. The fourth-order valence-electron chi connectivity index (χ4n) is 1.73. The number of nitrogens with zero attached hydrogens (tertiary/aromatic N) is 1. The van der Waals surface area contributed by atoms with Gasteiger partial charge in [-0.1, -0.05) is 0 Å². The molecule has 0 unspecified atom stereocenters. The number of thiophene rings is 1. The number of hydrogen-bond acceptors (Lipinski definition) is 5. The zero-order valence-corrected chi connectivity index (χ0v) is 10.3. The third kappa shape index (κ3) is 2.08. The van der Waals surface area contributed by atoms with E-state index in [4.69, 9.17) is 0 Å². The predicted molar refractivity (Wildman–Crippen MR) is 62.4 cm³/mol. The van der Waals surface area contributed by atoms with Gasteiger partial charge in [0.2, 0.25) is 5.91 Å². The van der Waals surface area contributed by atoms with E-state index in [0.29, 0.717) is 10.6 Å². The lowest BCUT2D eigenvalue weighted by Crippen LogP contribution is -2.25. The minimum Gasteiger partial charge on any atom is -0.465 e. The van der Waals surface area contributed by atoms with Gasteiger partial charge in [-0.2, -0.15) is 0 Å². The molecular weight excluding hydrogens is 242 g/mol. The first-order valence-corrected chi connectivity index (χ1v) is 5.85. The molecule has 1 aliphatic heterocycles. The van der Waals surface area contributed by atoms with Crippen LogP contribution in [0.1, 0.15) is 21.7 Å². The first kappa shape index (κ1) is 11.8. The third-order valence-electron chi connectivity index (χ3n) is 2.47. The number of carbonyl (C=O) groups excluding carboxylic acids is 3. The molecule has 0 saturated carbocycles. The second-order valence-corrected chi connectivity index (χ2v) is 5.00. The van der Waals surface area contributed by atoms with Crippen LogP contribution in [0.4, 0.5) is 5.00 Å². The average molecular weight is 253 g/mol. The Balaban J connectivity index is 2.41. The van der Waals surface area contributed by atoms with Crippen molar-refractivity contribution in [3.05, 3.63) is 16.5 Å². The molecule has 1 aromatic rings. The van der Waals surface area contributed by atoms with E-state index in [9.17, 15) is 14.4 Å². The molecule has 0 aliphatic carbocycles. The van der Waals surface area contributed by atoms with Crippen molar-refractivity contribution in [1.82, 2.24) is 0 Å². The SMILES string of the molecule is COC(=O)c1cc(C)sc1N1CC(=O)CC1=O. The molecule has 2 heterocycles. The molecule has 90 valence electrons. The van der Waals surface area contributed by atoms with Crippen LogP contribution in [0.3, 0.4) is 0 Å². The Morgan fingerprint density at radius 1 is 1.47 bits per heavy atom. The normalized spacial score (nSPS) is 15.5. The maximum Gasteiger partial charge on any atom is 0.340 e. The number of amides is 1. The van der Waals surface area contributed by atoms with Crippen LogP contribution in [0.2, 0.25) is 0 Å². The number of carbonyl (C=O) groups is 3. The number of ketones is 1. The Morgan fingerprint density at radius 2 is 2.18 bits per heavy atom. The molecule has 1 amide bonds. The predicted octanol–water partition coefficient (Wildman–Crippen LogP) is 1.15. The number of esters is 1. The van der Waals surface area contributed by atoms with Gasteiger partial charge < -0.3 is 4.74 Å². The van der Waals surface area contributed by atoms with E-state index in [1.54, 1.807) is 6.07 Å². The molecular formula is C11H11NO4S. The molecule has 1 fully saturated rings. The largest absolute Gasteiger partial charge is 0.465 e. The summed E-state index contributed by atoms with van der Waals surface area (Å²) in [6.07, 6.45) is -0.0858. The summed E-state index contributed by atoms with van der Waals surface area (Å²) in [5.41, 5.74) is 0.345. The van der Waals surface area contributed by atoms with Crippen molar-refractivity contribution < 1.29 is 19.1 Å². The Morgan fingerprint density at radius 3 is 2.71 bits per heavy atom. The Kier molecular flexibility index (Phi) is 2.97. The van der Waals surface area contributed by atoms with Gasteiger partial charge in [-0.3, -0.25) is 14.5 Å². The Hall–Kier alpha value is -1.69. The van der Waals surface area contributed by atoms with Crippen molar-refractivity contribution >= 4 is 34.0 Å². The van der Waals surface area contributed by atoms with E-state index in [1.165, 1.54) is 23.3 Å². The number of rotatable bonds is 2. The monoisotopic (exact) mass is 253 g/mol. The highest BCUT2D eigenvalue weighted by atomic mass is 32.1. The van der Waals surface area contributed by atoms with Crippen LogP contribution in [-0.4, -0.2) is 31.3 Å². The van der Waals surface area contributed by atoms with Crippen molar-refractivity contribution in [2.45, 2.75) is 13.3 Å². The van der Waals surface area contributed by atoms with Crippen molar-refractivity contribution in [2.24, 2.45) is 0 Å². The fourth-order valence-corrected chi connectivity index (χ4v) is 2.74. The van der Waals surface area contributed by atoms with Crippen LogP contribution >= 0.6 is 11.3 Å². The van der Waals surface area contributed by atoms with Crippen molar-refractivity contribution in [3.63, 3.8) is 0 Å². The summed E-state index contributed by atoms with van der Waals surface area (Å²) in [7, 11) is 1.29. The third-order valence-corrected chi connectivity index (χ3v) is 3.54. The van der Waals surface area contributed by atoms with Gasteiger partial charge in [0.05, 0.1) is 25.6 Å². The van der Waals surface area contributed by atoms with E-state index >= 15 is 0 Å². The Labute approximate surface area is 102 Å². The first-order valence-electron chi connectivity index (χ1n) is 5.03. The molecule has 1 saturated heterocycles. The molecule has 1 aliphatic rings. The van der Waals surface area contributed by atoms with Gasteiger partial charge in [0.1, 0.15) is 5.00 Å². The summed E-state index contributed by atoms with van der Waals surface area (Å²) in [5, 5.41) is 0.505. The maximum absolute atomic E-state index is 11.6. The molecule has 0 radical (unpaired) electrons. The van der Waals surface area contributed by atoms with E-state index in [2.05, 4.69) is 4.74 Å². The molecule has 6 heteroatoms. The number of methoxy groups -OCH3 is 1. The highest BCUT2D eigenvalue weighted by Gasteiger charge is 2.32. The number of aryl methyl sites for hydroxylation is 1. The molecule has 0 bridgehead atoms. The van der Waals surface area contributed by atoms with Gasteiger partial charge in [-0.05, 0) is 13.0 Å². The van der Waals surface area contributed by atoms with Gasteiger partial charge in [0, 0.05) is 4.88 Å². The van der Waals surface area contributed by atoms with Crippen LogP contribution in [0.25, 0.3) is 0 Å². The van der Waals surface area contributed by atoms with Gasteiger partial charge in [0.15, 0.2) is 5.78 Å². The molecule has 2 rings (SSSR count). The van der Waals surface area contributed by atoms with Crippen LogP contribution in [0.5, 0.6) is 0 Å². The summed E-state index contributed by atoms with van der Waals surface area (Å²) < 4.78 is 4.66. The molecule has 0 atom stereocenters. The molecule has 5 nitrogen and oxygen atoms in total. The van der Waals surface area contributed by atoms with Gasteiger partial charge in [-0.25, -0.2) is 4.79 Å². The number of ether oxygens (including phenoxy) is 1.